The Hall–Kier alpha value is -0.810. The number of Topliss-reactive ketones (excluding diaryl/α,β-unsaturated/α-hetero) is 1. The molecule has 0 N–H and O–H groups in total. The fourth-order valence-corrected chi connectivity index (χ4v) is 1.72. The van der Waals surface area contributed by atoms with Crippen LogP contribution in [0.15, 0.2) is 24.3 Å². The molecule has 0 amide bonds. The summed E-state index contributed by atoms with van der Waals surface area (Å²) in [6, 6.07) is 2.61. The molecule has 0 fully saturated rings. The van der Waals surface area contributed by atoms with Crippen molar-refractivity contribution in [2.24, 2.45) is 0 Å². The third-order valence-corrected chi connectivity index (χ3v) is 2.64. The maximum absolute atomic E-state index is 12.0. The van der Waals surface area contributed by atoms with Crippen LogP contribution in [0.5, 0.6) is 0 Å². The van der Waals surface area contributed by atoms with Gasteiger partial charge in [-0.3, -0.25) is 4.79 Å². The van der Waals surface area contributed by atoms with Gasteiger partial charge in [0.2, 0.25) is 5.78 Å². The molecule has 0 spiro atoms. The van der Waals surface area contributed by atoms with Gasteiger partial charge in [-0.05, 0) is 12.1 Å². The maximum Gasteiger partial charge on any atom is 0.419 e. The molecular formula is C8H4ClF3OS. The molecule has 76 valence electrons. The van der Waals surface area contributed by atoms with Crippen LogP contribution >= 0.6 is 22.9 Å². The summed E-state index contributed by atoms with van der Waals surface area (Å²) in [5, 5.41) is 0. The molecule has 1 heterocycles. The first-order valence-corrected chi connectivity index (χ1v) is 4.58. The van der Waals surface area contributed by atoms with Gasteiger partial charge in [0, 0.05) is 0 Å². The van der Waals surface area contributed by atoms with Crippen LogP contribution in [0.25, 0.3) is 0 Å². The Kier molecular flexibility index (Phi) is 3.01. The smallest absolute Gasteiger partial charge is 0.288 e. The summed E-state index contributed by atoms with van der Waals surface area (Å²) in [6.07, 6.45) is -4.69. The van der Waals surface area contributed by atoms with E-state index in [1.165, 1.54) is 12.1 Å². The van der Waals surface area contributed by atoms with E-state index in [4.69, 9.17) is 11.6 Å². The number of hydrogen-bond donors (Lipinski definition) is 0. The molecule has 0 saturated carbocycles. The lowest BCUT2D eigenvalue weighted by Gasteiger charge is -2.06. The summed E-state index contributed by atoms with van der Waals surface area (Å²) in [5.41, 5.74) is -1.38. The topological polar surface area (TPSA) is 17.1 Å². The van der Waals surface area contributed by atoms with Crippen molar-refractivity contribution in [3.63, 3.8) is 0 Å². The van der Waals surface area contributed by atoms with E-state index in [0.717, 1.165) is 11.3 Å². The number of carbonyl (C=O) groups excluding carboxylic acids is 1. The number of allylic oxidation sites excluding steroid dienone is 1. The fraction of sp³-hybridized carbons (Fsp3) is 0.125. The van der Waals surface area contributed by atoms with Crippen LogP contribution in [0, 0.1) is 0 Å². The minimum Gasteiger partial charge on any atom is -0.288 e. The predicted molar refractivity (Wildman–Crippen MR) is 48.9 cm³/mol. The number of thiophene rings is 1. The number of rotatable bonds is 2. The van der Waals surface area contributed by atoms with Crippen LogP contribution in [0.3, 0.4) is 0 Å². The second-order valence-corrected chi connectivity index (χ2v) is 4.12. The van der Waals surface area contributed by atoms with E-state index in [2.05, 4.69) is 6.58 Å². The Morgan fingerprint density at radius 3 is 2.36 bits per heavy atom. The summed E-state index contributed by atoms with van der Waals surface area (Å²) in [4.78, 5) is 11.1. The van der Waals surface area contributed by atoms with E-state index in [1.54, 1.807) is 0 Å². The fourth-order valence-electron chi connectivity index (χ4n) is 0.714. The first-order valence-electron chi connectivity index (χ1n) is 3.38. The highest BCUT2D eigenvalue weighted by Gasteiger charge is 2.37. The second-order valence-electron chi connectivity index (χ2n) is 2.41. The van der Waals surface area contributed by atoms with Gasteiger partial charge in [0.05, 0.1) is 14.8 Å². The highest BCUT2D eigenvalue weighted by Crippen LogP contribution is 2.30. The first-order chi connectivity index (χ1) is 6.32. The Balaban J connectivity index is 2.92. The third-order valence-electron chi connectivity index (χ3n) is 1.41. The summed E-state index contributed by atoms with van der Waals surface area (Å²) >= 11 is 6.27. The van der Waals surface area contributed by atoms with Crippen LogP contribution in [-0.4, -0.2) is 12.0 Å². The van der Waals surface area contributed by atoms with Crippen molar-refractivity contribution < 1.29 is 18.0 Å². The molecule has 14 heavy (non-hydrogen) atoms. The van der Waals surface area contributed by atoms with Gasteiger partial charge in [0.15, 0.2) is 0 Å². The van der Waals surface area contributed by atoms with Crippen molar-refractivity contribution in [1.29, 1.82) is 0 Å². The average molecular weight is 241 g/mol. The summed E-state index contributed by atoms with van der Waals surface area (Å²) in [6.45, 7) is 2.70. The molecule has 6 heteroatoms. The van der Waals surface area contributed by atoms with Crippen LogP contribution in [-0.2, 0) is 0 Å². The average Bonchev–Trinajstić information content (AvgIpc) is 2.47. The molecule has 0 atom stereocenters. The van der Waals surface area contributed by atoms with Crippen molar-refractivity contribution >= 4 is 28.7 Å². The van der Waals surface area contributed by atoms with Crippen LogP contribution in [0.4, 0.5) is 13.2 Å². The van der Waals surface area contributed by atoms with E-state index in [1.807, 2.05) is 0 Å². The largest absolute Gasteiger partial charge is 0.419 e. The van der Waals surface area contributed by atoms with Gasteiger partial charge in [0.1, 0.15) is 0 Å². The number of alkyl halides is 3. The molecule has 0 radical (unpaired) electrons. The summed E-state index contributed by atoms with van der Waals surface area (Å²) in [5.74, 6) is -1.13. The van der Waals surface area contributed by atoms with Gasteiger partial charge in [-0.2, -0.15) is 13.2 Å². The summed E-state index contributed by atoms with van der Waals surface area (Å²) < 4.78 is 36.4. The lowest BCUT2D eigenvalue weighted by molar-refractivity contribution is -0.0883. The molecule has 0 bridgehead atoms. The minimum atomic E-state index is -4.69. The standard InChI is InChI=1S/C8H4ClF3OS/c1-4(8(10,11)12)7(13)5-2-3-6(9)14-5/h2-3H,1H2. The van der Waals surface area contributed by atoms with Crippen molar-refractivity contribution in [3.8, 4) is 0 Å². The van der Waals surface area contributed by atoms with E-state index in [9.17, 15) is 18.0 Å². The quantitative estimate of drug-likeness (QED) is 0.569. The molecule has 1 aromatic heterocycles. The molecule has 0 saturated heterocycles. The van der Waals surface area contributed by atoms with Crippen LogP contribution in [0.1, 0.15) is 9.67 Å². The van der Waals surface area contributed by atoms with E-state index in [0.29, 0.717) is 0 Å². The van der Waals surface area contributed by atoms with Crippen molar-refractivity contribution in [2.45, 2.75) is 6.18 Å². The van der Waals surface area contributed by atoms with Crippen molar-refractivity contribution in [2.75, 3.05) is 0 Å². The predicted octanol–water partition coefficient (Wildman–Crippen LogP) is 3.70. The Labute approximate surface area is 86.8 Å². The first kappa shape index (κ1) is 11.3. The number of ketones is 1. The zero-order chi connectivity index (χ0) is 10.9. The van der Waals surface area contributed by atoms with Gasteiger partial charge in [-0.1, -0.05) is 18.2 Å². The number of carbonyl (C=O) groups is 1. The lowest BCUT2D eigenvalue weighted by Crippen LogP contribution is -2.18. The molecule has 0 aliphatic heterocycles. The summed E-state index contributed by atoms with van der Waals surface area (Å²) in [7, 11) is 0. The molecular weight excluding hydrogens is 237 g/mol. The minimum absolute atomic E-state index is 0.0580. The van der Waals surface area contributed by atoms with Crippen LogP contribution in [0.2, 0.25) is 4.34 Å². The van der Waals surface area contributed by atoms with Crippen LogP contribution < -0.4 is 0 Å². The van der Waals surface area contributed by atoms with Gasteiger partial charge in [0.25, 0.3) is 0 Å². The monoisotopic (exact) mass is 240 g/mol. The number of hydrogen-bond acceptors (Lipinski definition) is 2. The van der Waals surface area contributed by atoms with E-state index in [-0.39, 0.29) is 9.21 Å². The van der Waals surface area contributed by atoms with Gasteiger partial charge >= 0.3 is 6.18 Å². The Morgan fingerprint density at radius 1 is 1.43 bits per heavy atom. The van der Waals surface area contributed by atoms with E-state index >= 15 is 0 Å². The molecule has 0 aromatic carbocycles. The molecule has 0 aliphatic rings. The molecule has 1 aromatic rings. The molecule has 0 aliphatic carbocycles. The second kappa shape index (κ2) is 3.74. The van der Waals surface area contributed by atoms with Gasteiger partial charge in [-0.15, -0.1) is 11.3 Å². The third kappa shape index (κ3) is 2.36. The Morgan fingerprint density at radius 2 is 2.00 bits per heavy atom. The van der Waals surface area contributed by atoms with Crippen molar-refractivity contribution in [1.82, 2.24) is 0 Å². The van der Waals surface area contributed by atoms with E-state index < -0.39 is 17.5 Å². The molecule has 1 rings (SSSR count). The maximum atomic E-state index is 12.0. The van der Waals surface area contributed by atoms with Gasteiger partial charge in [-0.25, -0.2) is 0 Å². The lowest BCUT2D eigenvalue weighted by atomic mass is 10.1. The van der Waals surface area contributed by atoms with Gasteiger partial charge < -0.3 is 0 Å². The normalized spacial score (nSPS) is 11.4. The highest BCUT2D eigenvalue weighted by molar-refractivity contribution is 7.18. The highest BCUT2D eigenvalue weighted by atomic mass is 35.5. The SMILES string of the molecule is C=C(C(=O)c1ccc(Cl)s1)C(F)(F)F. The molecule has 1 nitrogen and oxygen atoms in total. The van der Waals surface area contributed by atoms with Crippen molar-refractivity contribution in [3.05, 3.63) is 33.5 Å². The zero-order valence-corrected chi connectivity index (χ0v) is 8.26. The Bertz CT molecular complexity index is 380. The molecule has 0 unspecified atom stereocenters. The number of halogens is 4. The zero-order valence-electron chi connectivity index (χ0n) is 6.69.